The number of carbonyl (C=O) groups excluding carboxylic acids is 1. The molecular formula is C21H18ClN3O4. The van der Waals surface area contributed by atoms with E-state index in [-0.39, 0.29) is 24.3 Å². The number of aryl methyl sites for hydroxylation is 1. The van der Waals surface area contributed by atoms with E-state index in [9.17, 15) is 9.59 Å². The maximum absolute atomic E-state index is 12.3. The van der Waals surface area contributed by atoms with Crippen molar-refractivity contribution in [1.29, 1.82) is 0 Å². The van der Waals surface area contributed by atoms with Crippen LogP contribution in [0.4, 0.5) is 0 Å². The van der Waals surface area contributed by atoms with Crippen molar-refractivity contribution in [3.63, 3.8) is 0 Å². The first kappa shape index (κ1) is 19.0. The number of aromatic amines is 1. The van der Waals surface area contributed by atoms with Gasteiger partial charge in [0.2, 0.25) is 0 Å². The zero-order valence-electron chi connectivity index (χ0n) is 15.8. The van der Waals surface area contributed by atoms with Crippen LogP contribution in [0.15, 0.2) is 51.7 Å². The minimum atomic E-state index is -0.458. The lowest BCUT2D eigenvalue weighted by Gasteiger charge is -2.13. The SMILES string of the molecule is Cc1cc(=O)oc2cc(OCC(=O)N[C@H](C)c3nc4ccccc4[nH]3)c(Cl)cc12. The number of imidazole rings is 1. The van der Waals surface area contributed by atoms with Crippen LogP contribution in [0, 0.1) is 6.92 Å². The summed E-state index contributed by atoms with van der Waals surface area (Å²) < 4.78 is 10.7. The molecule has 0 saturated heterocycles. The fourth-order valence-electron chi connectivity index (χ4n) is 3.10. The molecule has 0 spiro atoms. The summed E-state index contributed by atoms with van der Waals surface area (Å²) in [7, 11) is 0. The van der Waals surface area contributed by atoms with Crippen LogP contribution in [0.1, 0.15) is 24.4 Å². The number of fused-ring (bicyclic) bond motifs is 2. The summed E-state index contributed by atoms with van der Waals surface area (Å²) in [5, 5.41) is 3.87. The second-order valence-electron chi connectivity index (χ2n) is 6.74. The van der Waals surface area contributed by atoms with E-state index < -0.39 is 5.63 Å². The molecule has 0 bridgehead atoms. The average molecular weight is 412 g/mol. The monoisotopic (exact) mass is 411 g/mol. The van der Waals surface area contributed by atoms with Crippen LogP contribution in [0.25, 0.3) is 22.0 Å². The largest absolute Gasteiger partial charge is 0.482 e. The number of amides is 1. The minimum absolute atomic E-state index is 0.244. The lowest BCUT2D eigenvalue weighted by molar-refractivity contribution is -0.123. The Balaban J connectivity index is 1.45. The molecule has 4 rings (SSSR count). The third-order valence-corrected chi connectivity index (χ3v) is 4.85. The molecule has 0 aliphatic carbocycles. The van der Waals surface area contributed by atoms with E-state index in [1.165, 1.54) is 12.1 Å². The molecule has 0 unspecified atom stereocenters. The van der Waals surface area contributed by atoms with E-state index in [1.807, 2.05) is 31.2 Å². The van der Waals surface area contributed by atoms with E-state index in [1.54, 1.807) is 13.0 Å². The number of nitrogens with zero attached hydrogens (tertiary/aromatic N) is 1. The Labute approximate surface area is 170 Å². The number of carbonyl (C=O) groups is 1. The maximum Gasteiger partial charge on any atom is 0.336 e. The number of ether oxygens (including phenoxy) is 1. The van der Waals surface area contributed by atoms with E-state index >= 15 is 0 Å². The quantitative estimate of drug-likeness (QED) is 0.485. The first-order valence-electron chi connectivity index (χ1n) is 9.01. The molecule has 0 saturated carbocycles. The Morgan fingerprint density at radius 1 is 1.31 bits per heavy atom. The Hall–Kier alpha value is -3.32. The molecule has 2 N–H and O–H groups in total. The van der Waals surface area contributed by atoms with Crippen LogP contribution in [0.5, 0.6) is 5.75 Å². The minimum Gasteiger partial charge on any atom is -0.482 e. The Kier molecular flexibility index (Phi) is 4.98. The van der Waals surface area contributed by atoms with E-state index in [0.717, 1.165) is 16.6 Å². The van der Waals surface area contributed by atoms with Gasteiger partial charge in [0.05, 0.1) is 22.1 Å². The first-order chi connectivity index (χ1) is 13.9. The van der Waals surface area contributed by atoms with Gasteiger partial charge in [-0.25, -0.2) is 9.78 Å². The molecule has 4 aromatic rings. The van der Waals surface area contributed by atoms with Crippen molar-refractivity contribution >= 4 is 39.5 Å². The number of H-pyrrole nitrogens is 1. The standard InChI is InChI=1S/C21H18ClN3O4/c1-11-7-20(27)29-17-9-18(14(22)8-13(11)17)28-10-19(26)23-12(2)21-24-15-5-3-4-6-16(15)25-21/h3-9,12H,10H2,1-2H3,(H,23,26)(H,24,25)/t12-/m1/s1. The molecule has 2 aromatic heterocycles. The van der Waals surface area contributed by atoms with Gasteiger partial charge < -0.3 is 19.5 Å². The lowest BCUT2D eigenvalue weighted by Crippen LogP contribution is -2.31. The van der Waals surface area contributed by atoms with Gasteiger partial charge in [0.15, 0.2) is 6.61 Å². The molecule has 2 aromatic carbocycles. The van der Waals surface area contributed by atoms with Crippen LogP contribution < -0.4 is 15.7 Å². The zero-order valence-corrected chi connectivity index (χ0v) is 16.5. The van der Waals surface area contributed by atoms with Crippen LogP contribution in [0.3, 0.4) is 0 Å². The zero-order chi connectivity index (χ0) is 20.5. The number of hydrogen-bond donors (Lipinski definition) is 2. The van der Waals surface area contributed by atoms with Gasteiger partial charge in [-0.1, -0.05) is 23.7 Å². The molecule has 1 atom stereocenters. The summed E-state index contributed by atoms with van der Waals surface area (Å²) in [4.78, 5) is 31.5. The highest BCUT2D eigenvalue weighted by Crippen LogP contribution is 2.31. The van der Waals surface area contributed by atoms with Crippen LogP contribution >= 0.6 is 11.6 Å². The van der Waals surface area contributed by atoms with E-state index in [0.29, 0.717) is 21.8 Å². The predicted molar refractivity (Wildman–Crippen MR) is 110 cm³/mol. The van der Waals surface area contributed by atoms with Gasteiger partial charge in [0.1, 0.15) is 17.2 Å². The van der Waals surface area contributed by atoms with Crippen LogP contribution in [-0.2, 0) is 4.79 Å². The van der Waals surface area contributed by atoms with Crippen LogP contribution in [0.2, 0.25) is 5.02 Å². The lowest BCUT2D eigenvalue weighted by atomic mass is 10.1. The van der Waals surface area contributed by atoms with Gasteiger partial charge in [-0.15, -0.1) is 0 Å². The molecule has 8 heteroatoms. The molecule has 148 valence electrons. The number of halogens is 1. The van der Waals surface area contributed by atoms with Gasteiger partial charge in [-0.05, 0) is 37.6 Å². The van der Waals surface area contributed by atoms with Crippen molar-refractivity contribution in [3.8, 4) is 5.75 Å². The van der Waals surface area contributed by atoms with Gasteiger partial charge in [0, 0.05) is 17.5 Å². The number of hydrogen-bond acceptors (Lipinski definition) is 5. The fourth-order valence-corrected chi connectivity index (χ4v) is 3.32. The second kappa shape index (κ2) is 7.60. The second-order valence-corrected chi connectivity index (χ2v) is 7.15. The smallest absolute Gasteiger partial charge is 0.336 e. The predicted octanol–water partition coefficient (Wildman–Crippen LogP) is 3.89. The molecule has 0 radical (unpaired) electrons. The third-order valence-electron chi connectivity index (χ3n) is 4.56. The first-order valence-corrected chi connectivity index (χ1v) is 9.39. The topological polar surface area (TPSA) is 97.2 Å². The molecule has 2 heterocycles. The summed E-state index contributed by atoms with van der Waals surface area (Å²) in [5.41, 5.74) is 2.38. The average Bonchev–Trinajstić information content (AvgIpc) is 3.11. The summed E-state index contributed by atoms with van der Waals surface area (Å²) in [6, 6.07) is 11.9. The molecular weight excluding hydrogens is 394 g/mol. The number of benzene rings is 2. The molecule has 7 nitrogen and oxygen atoms in total. The summed E-state index contributed by atoms with van der Waals surface area (Å²) in [6.07, 6.45) is 0. The fraction of sp³-hybridized carbons (Fsp3) is 0.190. The molecule has 0 fully saturated rings. The summed E-state index contributed by atoms with van der Waals surface area (Å²) >= 11 is 6.25. The highest BCUT2D eigenvalue weighted by Gasteiger charge is 2.15. The highest BCUT2D eigenvalue weighted by molar-refractivity contribution is 6.32. The van der Waals surface area contributed by atoms with Crippen molar-refractivity contribution in [1.82, 2.24) is 15.3 Å². The maximum atomic E-state index is 12.3. The van der Waals surface area contributed by atoms with Gasteiger partial charge in [0.25, 0.3) is 5.91 Å². The number of para-hydroxylation sites is 2. The Morgan fingerprint density at radius 3 is 2.90 bits per heavy atom. The summed E-state index contributed by atoms with van der Waals surface area (Å²) in [6.45, 7) is 3.38. The van der Waals surface area contributed by atoms with Crippen molar-refractivity contribution in [3.05, 3.63) is 69.3 Å². The Morgan fingerprint density at radius 2 is 2.10 bits per heavy atom. The molecule has 1 amide bonds. The highest BCUT2D eigenvalue weighted by atomic mass is 35.5. The van der Waals surface area contributed by atoms with Gasteiger partial charge in [-0.2, -0.15) is 0 Å². The van der Waals surface area contributed by atoms with Crippen molar-refractivity contribution in [2.24, 2.45) is 0 Å². The van der Waals surface area contributed by atoms with Crippen LogP contribution in [-0.4, -0.2) is 22.5 Å². The third kappa shape index (κ3) is 3.95. The van der Waals surface area contributed by atoms with Crippen molar-refractivity contribution < 1.29 is 13.9 Å². The van der Waals surface area contributed by atoms with Crippen molar-refractivity contribution in [2.75, 3.05) is 6.61 Å². The summed E-state index contributed by atoms with van der Waals surface area (Å²) in [5.74, 6) is 0.583. The van der Waals surface area contributed by atoms with E-state index in [4.69, 9.17) is 20.8 Å². The molecule has 0 aliphatic rings. The Bertz CT molecular complexity index is 1250. The normalized spacial score (nSPS) is 12.2. The van der Waals surface area contributed by atoms with Gasteiger partial charge >= 0.3 is 5.63 Å². The molecule has 29 heavy (non-hydrogen) atoms. The van der Waals surface area contributed by atoms with Gasteiger partial charge in [-0.3, -0.25) is 4.79 Å². The van der Waals surface area contributed by atoms with E-state index in [2.05, 4.69) is 15.3 Å². The molecule has 0 aliphatic heterocycles. The van der Waals surface area contributed by atoms with Crippen molar-refractivity contribution in [2.45, 2.75) is 19.9 Å². The number of nitrogens with one attached hydrogen (secondary N) is 2. The number of aromatic nitrogens is 2. The number of rotatable bonds is 5.